The molecule has 0 N–H and O–H groups in total. The van der Waals surface area contributed by atoms with Gasteiger partial charge in [0, 0.05) is 29.9 Å². The van der Waals surface area contributed by atoms with Crippen LogP contribution in [0, 0.1) is 0 Å². The molecule has 0 fully saturated rings. The van der Waals surface area contributed by atoms with Gasteiger partial charge in [-0.1, -0.05) is 42.5 Å². The highest BCUT2D eigenvalue weighted by atomic mass is 32.2. The Morgan fingerprint density at radius 3 is 2.50 bits per heavy atom. The van der Waals surface area contributed by atoms with Crippen LogP contribution in [-0.2, 0) is 28.3 Å². The minimum atomic E-state index is -2.49. The number of ether oxygens (including phenoxy) is 1. The first kappa shape index (κ1) is 18.2. The number of aldehydes is 1. The normalized spacial score (nSPS) is 16.0. The molecule has 1 aliphatic heterocycles. The zero-order valence-corrected chi connectivity index (χ0v) is 16.0. The van der Waals surface area contributed by atoms with Gasteiger partial charge in [0.25, 0.3) is 0 Å². The first-order valence-electron chi connectivity index (χ1n) is 8.74. The molecule has 0 spiro atoms. The van der Waals surface area contributed by atoms with E-state index >= 15 is 0 Å². The molecule has 1 aliphatic rings. The number of hydrogen-bond donors (Lipinski definition) is 1. The van der Waals surface area contributed by atoms with Crippen LogP contribution in [0.4, 0.5) is 0 Å². The van der Waals surface area contributed by atoms with Crippen molar-refractivity contribution in [2.24, 2.45) is 7.05 Å². The molecule has 2 heterocycles. The van der Waals surface area contributed by atoms with E-state index in [1.54, 1.807) is 16.8 Å². The number of aryl methyl sites for hydroxylation is 1. The first-order chi connectivity index (χ1) is 13.6. The molecule has 0 radical (unpaired) electrons. The summed E-state index contributed by atoms with van der Waals surface area (Å²) in [6, 6.07) is 16.4. The van der Waals surface area contributed by atoms with Crippen molar-refractivity contribution in [3.63, 3.8) is 0 Å². The number of thiol groups is 1. The quantitative estimate of drug-likeness (QED) is 0.532. The number of carbonyl (C=O) groups excluding carboxylic acids is 1. The number of fused-ring (bicyclic) bond motifs is 1. The lowest BCUT2D eigenvalue weighted by atomic mass is 9.85. The minimum absolute atomic E-state index is 0.0115. The summed E-state index contributed by atoms with van der Waals surface area (Å²) in [5.41, 5.74) is 3.60. The van der Waals surface area contributed by atoms with Gasteiger partial charge in [0.05, 0.1) is 17.4 Å². The Morgan fingerprint density at radius 2 is 1.86 bits per heavy atom. The van der Waals surface area contributed by atoms with Crippen molar-refractivity contribution >= 4 is 28.3 Å². The maximum Gasteiger partial charge on any atom is 0.144 e. The van der Waals surface area contributed by atoms with Crippen LogP contribution in [0.3, 0.4) is 0 Å². The monoisotopic (exact) mass is 394 g/mol. The van der Waals surface area contributed by atoms with E-state index in [0.717, 1.165) is 17.4 Å². The van der Waals surface area contributed by atoms with Crippen molar-refractivity contribution in [1.82, 2.24) is 9.78 Å². The summed E-state index contributed by atoms with van der Waals surface area (Å²) in [6.45, 7) is 0. The SMILES string of the molecule is Cn1ccc(C2=C(c3ccc(C[SH](=O)=O)cc3)Oc3ccccc3C2C=O)n1. The fourth-order valence-corrected chi connectivity index (χ4v) is 3.90. The lowest BCUT2D eigenvalue weighted by Gasteiger charge is -2.27. The summed E-state index contributed by atoms with van der Waals surface area (Å²) in [7, 11) is -0.674. The van der Waals surface area contributed by atoms with Crippen molar-refractivity contribution in [2.45, 2.75) is 11.7 Å². The number of para-hydroxylation sites is 1. The van der Waals surface area contributed by atoms with E-state index in [1.165, 1.54) is 0 Å². The van der Waals surface area contributed by atoms with E-state index in [2.05, 4.69) is 5.10 Å². The molecule has 0 amide bonds. The molecule has 4 rings (SSSR count). The van der Waals surface area contributed by atoms with E-state index in [0.29, 0.717) is 28.3 Å². The molecule has 3 aromatic rings. The highest BCUT2D eigenvalue weighted by molar-refractivity contribution is 7.71. The van der Waals surface area contributed by atoms with Gasteiger partial charge in [-0.05, 0) is 17.7 Å². The van der Waals surface area contributed by atoms with E-state index < -0.39 is 16.6 Å². The second-order valence-electron chi connectivity index (χ2n) is 6.56. The zero-order chi connectivity index (χ0) is 19.7. The average molecular weight is 394 g/mol. The number of nitrogens with zero attached hydrogens (tertiary/aromatic N) is 2. The Bertz CT molecular complexity index is 1140. The molecule has 0 aliphatic carbocycles. The maximum absolute atomic E-state index is 12.1. The van der Waals surface area contributed by atoms with Crippen LogP contribution >= 0.6 is 0 Å². The van der Waals surface area contributed by atoms with E-state index in [4.69, 9.17) is 4.74 Å². The third-order valence-electron chi connectivity index (χ3n) is 4.68. The lowest BCUT2D eigenvalue weighted by molar-refractivity contribution is -0.108. The summed E-state index contributed by atoms with van der Waals surface area (Å²) >= 11 is 0. The molecule has 6 nitrogen and oxygen atoms in total. The van der Waals surface area contributed by atoms with Crippen LogP contribution in [0.2, 0.25) is 0 Å². The van der Waals surface area contributed by atoms with Crippen molar-refractivity contribution in [3.8, 4) is 5.75 Å². The first-order valence-corrected chi connectivity index (χ1v) is 10.1. The highest BCUT2D eigenvalue weighted by Crippen LogP contribution is 2.45. The molecular formula is C21H18N2O4S. The van der Waals surface area contributed by atoms with Crippen molar-refractivity contribution < 1.29 is 17.9 Å². The predicted molar refractivity (Wildman–Crippen MR) is 106 cm³/mol. The maximum atomic E-state index is 12.1. The van der Waals surface area contributed by atoms with Gasteiger partial charge < -0.3 is 9.53 Å². The van der Waals surface area contributed by atoms with Gasteiger partial charge in [0.1, 0.15) is 28.5 Å². The molecule has 142 valence electrons. The van der Waals surface area contributed by atoms with Crippen LogP contribution in [0.25, 0.3) is 11.3 Å². The van der Waals surface area contributed by atoms with Gasteiger partial charge in [-0.15, -0.1) is 0 Å². The van der Waals surface area contributed by atoms with E-state index in [9.17, 15) is 13.2 Å². The second kappa shape index (κ2) is 7.44. The van der Waals surface area contributed by atoms with Gasteiger partial charge in [-0.3, -0.25) is 4.68 Å². The lowest BCUT2D eigenvalue weighted by Crippen LogP contribution is -2.16. The minimum Gasteiger partial charge on any atom is -0.456 e. The van der Waals surface area contributed by atoms with Gasteiger partial charge >= 0.3 is 0 Å². The smallest absolute Gasteiger partial charge is 0.144 e. The average Bonchev–Trinajstić information content (AvgIpc) is 3.12. The summed E-state index contributed by atoms with van der Waals surface area (Å²) in [5.74, 6) is 0.654. The highest BCUT2D eigenvalue weighted by Gasteiger charge is 2.32. The van der Waals surface area contributed by atoms with Crippen LogP contribution < -0.4 is 4.74 Å². The molecule has 7 heteroatoms. The number of carbonyl (C=O) groups is 1. The number of aromatic nitrogens is 2. The topological polar surface area (TPSA) is 78.3 Å². The van der Waals surface area contributed by atoms with Gasteiger partial charge in [0.2, 0.25) is 0 Å². The molecule has 2 aromatic carbocycles. The van der Waals surface area contributed by atoms with Crippen molar-refractivity contribution in [2.75, 3.05) is 0 Å². The van der Waals surface area contributed by atoms with Crippen LogP contribution in [-0.4, -0.2) is 24.5 Å². The Balaban J connectivity index is 1.89. The van der Waals surface area contributed by atoms with Crippen molar-refractivity contribution in [1.29, 1.82) is 0 Å². The van der Waals surface area contributed by atoms with Crippen molar-refractivity contribution in [3.05, 3.63) is 83.2 Å². The molecule has 0 bridgehead atoms. The summed E-state index contributed by atoms with van der Waals surface area (Å²) in [5, 5.41) is 4.48. The fraction of sp³-hybridized carbons (Fsp3) is 0.143. The van der Waals surface area contributed by atoms with Crippen LogP contribution in [0.1, 0.15) is 28.3 Å². The molecule has 1 unspecified atom stereocenters. The predicted octanol–water partition coefficient (Wildman–Crippen LogP) is 2.77. The van der Waals surface area contributed by atoms with Gasteiger partial charge in [-0.25, -0.2) is 8.42 Å². The summed E-state index contributed by atoms with van der Waals surface area (Å²) in [4.78, 5) is 12.1. The summed E-state index contributed by atoms with van der Waals surface area (Å²) < 4.78 is 29.8. The van der Waals surface area contributed by atoms with E-state index in [1.807, 2.05) is 55.7 Å². The molecule has 1 atom stereocenters. The van der Waals surface area contributed by atoms with Crippen LogP contribution in [0.15, 0.2) is 60.8 Å². The zero-order valence-electron chi connectivity index (χ0n) is 15.1. The number of benzene rings is 2. The number of rotatable bonds is 5. The van der Waals surface area contributed by atoms with Gasteiger partial charge in [-0.2, -0.15) is 5.10 Å². The molecule has 28 heavy (non-hydrogen) atoms. The van der Waals surface area contributed by atoms with E-state index in [-0.39, 0.29) is 5.75 Å². The Hall–Kier alpha value is -3.19. The molecule has 0 saturated heterocycles. The van der Waals surface area contributed by atoms with Crippen LogP contribution in [0.5, 0.6) is 5.75 Å². The molecule has 1 aromatic heterocycles. The Labute approximate surface area is 164 Å². The largest absolute Gasteiger partial charge is 0.456 e. The summed E-state index contributed by atoms with van der Waals surface area (Å²) in [6.07, 6.45) is 2.72. The second-order valence-corrected chi connectivity index (χ2v) is 7.54. The number of allylic oxidation sites excluding steroid dienone is 1. The molecular weight excluding hydrogens is 376 g/mol. The fourth-order valence-electron chi connectivity index (χ4n) is 3.39. The Morgan fingerprint density at radius 1 is 1.11 bits per heavy atom. The van der Waals surface area contributed by atoms with Gasteiger partial charge in [0.15, 0.2) is 0 Å². The number of hydrogen-bond acceptors (Lipinski definition) is 5. The molecule has 0 saturated carbocycles. The standard InChI is InChI=1S/C21H18N2O4S/c1-23-11-10-18(22-23)20-17(12-24)16-4-2-3-5-19(16)27-21(20)15-8-6-14(7-9-15)13-28(25)26/h2-12,17,28H,13H2,1H3. The third kappa shape index (κ3) is 3.36. The third-order valence-corrected chi connectivity index (χ3v) is 5.30. The Kier molecular flexibility index (Phi) is 4.83.